The predicted octanol–water partition coefficient (Wildman–Crippen LogP) is 0.345. The van der Waals surface area contributed by atoms with Gasteiger partial charge in [0, 0.05) is 6.54 Å². The molecule has 0 fully saturated rings. The van der Waals surface area contributed by atoms with Crippen LogP contribution in [0.2, 0.25) is 0 Å². The average Bonchev–Trinajstić information content (AvgIpc) is 2.24. The van der Waals surface area contributed by atoms with Crippen LogP contribution in [0.25, 0.3) is 0 Å². The first-order valence-electron chi connectivity index (χ1n) is 5.25. The van der Waals surface area contributed by atoms with Crippen LogP contribution < -0.4 is 11.1 Å². The van der Waals surface area contributed by atoms with Gasteiger partial charge in [-0.25, -0.2) is 4.98 Å². The fourth-order valence-corrected chi connectivity index (χ4v) is 1.27. The Bertz CT molecular complexity index is 352. The minimum absolute atomic E-state index is 0.175. The fourth-order valence-electron chi connectivity index (χ4n) is 1.27. The first-order chi connectivity index (χ1) is 7.59. The molecule has 0 aromatic carbocycles. The van der Waals surface area contributed by atoms with E-state index in [0.29, 0.717) is 18.1 Å². The third-order valence-electron chi connectivity index (χ3n) is 2.07. The zero-order chi connectivity index (χ0) is 12.0. The van der Waals surface area contributed by atoms with E-state index < -0.39 is 0 Å². The monoisotopic (exact) mass is 222 g/mol. The maximum Gasteiger partial charge on any atom is 0.269 e. The lowest BCUT2D eigenvalue weighted by Gasteiger charge is -2.09. The van der Waals surface area contributed by atoms with Crippen LogP contribution in [0, 0.1) is 0 Å². The van der Waals surface area contributed by atoms with Gasteiger partial charge < -0.3 is 16.0 Å². The van der Waals surface area contributed by atoms with Crippen LogP contribution in [0.5, 0.6) is 0 Å². The van der Waals surface area contributed by atoms with Crippen molar-refractivity contribution < 1.29 is 4.79 Å². The van der Waals surface area contributed by atoms with Crippen molar-refractivity contribution in [2.45, 2.75) is 6.42 Å². The lowest BCUT2D eigenvalue weighted by Crippen LogP contribution is -2.27. The van der Waals surface area contributed by atoms with Gasteiger partial charge in [0.2, 0.25) is 0 Å². The Kier molecular flexibility index (Phi) is 4.72. The molecule has 0 spiro atoms. The Hall–Kier alpha value is -1.62. The molecule has 0 saturated carbocycles. The number of amides is 1. The molecule has 16 heavy (non-hydrogen) atoms. The van der Waals surface area contributed by atoms with Crippen molar-refractivity contribution in [3.8, 4) is 0 Å². The molecule has 1 aromatic heterocycles. The summed E-state index contributed by atoms with van der Waals surface area (Å²) in [5.41, 5.74) is 5.86. The molecule has 0 atom stereocenters. The molecule has 0 unspecified atom stereocenters. The van der Waals surface area contributed by atoms with Gasteiger partial charge in [0.05, 0.1) is 0 Å². The molecule has 0 saturated heterocycles. The third kappa shape index (κ3) is 4.27. The molecule has 1 amide bonds. The Morgan fingerprint density at radius 2 is 2.25 bits per heavy atom. The number of pyridine rings is 1. The van der Waals surface area contributed by atoms with E-state index in [-0.39, 0.29) is 5.91 Å². The van der Waals surface area contributed by atoms with Gasteiger partial charge >= 0.3 is 0 Å². The predicted molar refractivity (Wildman–Crippen MR) is 64.2 cm³/mol. The van der Waals surface area contributed by atoms with E-state index in [2.05, 4.69) is 15.2 Å². The molecular weight excluding hydrogens is 204 g/mol. The van der Waals surface area contributed by atoms with Gasteiger partial charge in [-0.15, -0.1) is 0 Å². The number of hydrogen-bond donors (Lipinski definition) is 2. The summed E-state index contributed by atoms with van der Waals surface area (Å²) >= 11 is 0. The standard InChI is InChI=1S/C11H18N4O/c1-15(2)8-4-7-13-11(16)9-5-3-6-10(12)14-9/h3,5-6H,4,7-8H2,1-2H3,(H2,12,14)(H,13,16). The fraction of sp³-hybridized carbons (Fsp3) is 0.455. The lowest BCUT2D eigenvalue weighted by atomic mass is 10.3. The normalized spacial score (nSPS) is 10.4. The number of nitrogen functional groups attached to an aromatic ring is 1. The summed E-state index contributed by atoms with van der Waals surface area (Å²) in [6.07, 6.45) is 0.918. The van der Waals surface area contributed by atoms with Gasteiger partial charge in [0.1, 0.15) is 11.5 Å². The molecule has 5 nitrogen and oxygen atoms in total. The van der Waals surface area contributed by atoms with Crippen molar-refractivity contribution in [3.05, 3.63) is 23.9 Å². The minimum Gasteiger partial charge on any atom is -0.384 e. The quantitative estimate of drug-likeness (QED) is 0.705. The van der Waals surface area contributed by atoms with E-state index in [1.807, 2.05) is 14.1 Å². The SMILES string of the molecule is CN(C)CCCNC(=O)c1cccc(N)n1. The smallest absolute Gasteiger partial charge is 0.269 e. The second-order valence-corrected chi connectivity index (χ2v) is 3.86. The summed E-state index contributed by atoms with van der Waals surface area (Å²) in [4.78, 5) is 17.6. The van der Waals surface area contributed by atoms with Crippen LogP contribution in [0.3, 0.4) is 0 Å². The van der Waals surface area contributed by atoms with Gasteiger partial charge in [-0.05, 0) is 39.2 Å². The largest absolute Gasteiger partial charge is 0.384 e. The summed E-state index contributed by atoms with van der Waals surface area (Å²) in [6.45, 7) is 1.60. The zero-order valence-corrected chi connectivity index (χ0v) is 9.73. The van der Waals surface area contributed by atoms with Crippen molar-refractivity contribution in [1.29, 1.82) is 0 Å². The number of rotatable bonds is 5. The maximum absolute atomic E-state index is 11.6. The zero-order valence-electron chi connectivity index (χ0n) is 9.73. The van der Waals surface area contributed by atoms with Gasteiger partial charge in [0.25, 0.3) is 5.91 Å². The molecule has 1 aromatic rings. The van der Waals surface area contributed by atoms with Crippen LogP contribution in [0.1, 0.15) is 16.9 Å². The molecule has 3 N–H and O–H groups in total. The summed E-state index contributed by atoms with van der Waals surface area (Å²) < 4.78 is 0. The van der Waals surface area contributed by atoms with Gasteiger partial charge in [-0.1, -0.05) is 6.07 Å². The summed E-state index contributed by atoms with van der Waals surface area (Å²) in [7, 11) is 4.00. The molecule has 1 rings (SSSR count). The second kappa shape index (κ2) is 6.07. The molecule has 0 aliphatic rings. The maximum atomic E-state index is 11.6. The van der Waals surface area contributed by atoms with Gasteiger partial charge in [-0.3, -0.25) is 4.79 Å². The van der Waals surface area contributed by atoms with Crippen LogP contribution in [0.4, 0.5) is 5.82 Å². The van der Waals surface area contributed by atoms with Crippen LogP contribution in [-0.4, -0.2) is 43.0 Å². The number of hydrogen-bond acceptors (Lipinski definition) is 4. The highest BCUT2D eigenvalue weighted by atomic mass is 16.1. The Morgan fingerprint density at radius 3 is 2.88 bits per heavy atom. The molecule has 0 aliphatic heterocycles. The molecule has 88 valence electrons. The Labute approximate surface area is 95.7 Å². The first kappa shape index (κ1) is 12.4. The van der Waals surface area contributed by atoms with Crippen molar-refractivity contribution in [2.75, 3.05) is 32.9 Å². The number of nitrogens with one attached hydrogen (secondary N) is 1. The van der Waals surface area contributed by atoms with Gasteiger partial charge in [-0.2, -0.15) is 0 Å². The first-order valence-corrected chi connectivity index (χ1v) is 5.25. The third-order valence-corrected chi connectivity index (χ3v) is 2.07. The Balaban J connectivity index is 2.35. The number of anilines is 1. The number of carbonyl (C=O) groups excluding carboxylic acids is 1. The molecular formula is C11H18N4O. The topological polar surface area (TPSA) is 71.2 Å². The summed E-state index contributed by atoms with van der Waals surface area (Å²) in [5, 5.41) is 2.80. The molecule has 0 aliphatic carbocycles. The highest BCUT2D eigenvalue weighted by molar-refractivity contribution is 5.92. The van der Waals surface area contributed by atoms with E-state index in [1.165, 1.54) is 0 Å². The van der Waals surface area contributed by atoms with Crippen molar-refractivity contribution in [2.24, 2.45) is 0 Å². The molecule has 1 heterocycles. The van der Waals surface area contributed by atoms with Crippen molar-refractivity contribution in [3.63, 3.8) is 0 Å². The van der Waals surface area contributed by atoms with E-state index in [1.54, 1.807) is 18.2 Å². The van der Waals surface area contributed by atoms with E-state index in [0.717, 1.165) is 13.0 Å². The van der Waals surface area contributed by atoms with Crippen molar-refractivity contribution >= 4 is 11.7 Å². The highest BCUT2D eigenvalue weighted by Gasteiger charge is 2.05. The minimum atomic E-state index is -0.175. The van der Waals surface area contributed by atoms with E-state index >= 15 is 0 Å². The summed E-state index contributed by atoms with van der Waals surface area (Å²) in [6, 6.07) is 5.03. The lowest BCUT2D eigenvalue weighted by molar-refractivity contribution is 0.0947. The number of aromatic nitrogens is 1. The summed E-state index contributed by atoms with van der Waals surface area (Å²) in [5.74, 6) is 0.187. The van der Waals surface area contributed by atoms with Crippen LogP contribution >= 0.6 is 0 Å². The molecule has 0 radical (unpaired) electrons. The van der Waals surface area contributed by atoms with E-state index in [9.17, 15) is 4.79 Å². The molecule has 5 heteroatoms. The van der Waals surface area contributed by atoms with Crippen molar-refractivity contribution in [1.82, 2.24) is 15.2 Å². The number of nitrogens with two attached hydrogens (primary N) is 1. The van der Waals surface area contributed by atoms with Crippen LogP contribution in [0.15, 0.2) is 18.2 Å². The highest BCUT2D eigenvalue weighted by Crippen LogP contribution is 1.99. The van der Waals surface area contributed by atoms with Gasteiger partial charge in [0.15, 0.2) is 0 Å². The number of carbonyl (C=O) groups is 1. The van der Waals surface area contributed by atoms with Crippen LogP contribution in [-0.2, 0) is 0 Å². The Morgan fingerprint density at radius 1 is 1.50 bits per heavy atom. The van der Waals surface area contributed by atoms with E-state index in [4.69, 9.17) is 5.73 Å². The molecule has 0 bridgehead atoms. The second-order valence-electron chi connectivity index (χ2n) is 3.86. The average molecular weight is 222 g/mol. The number of nitrogens with zero attached hydrogens (tertiary/aromatic N) is 2.